The largest absolute Gasteiger partial charge is 0.368 e. The monoisotopic (exact) mass is 394 g/mol. The van der Waals surface area contributed by atoms with E-state index in [1.54, 1.807) is 6.20 Å². The zero-order valence-corrected chi connectivity index (χ0v) is 16.8. The number of rotatable bonds is 4. The molecule has 1 aliphatic rings. The molecule has 3 aromatic rings. The van der Waals surface area contributed by atoms with Crippen LogP contribution in [0, 0.1) is 13.8 Å². The first-order chi connectivity index (χ1) is 13.6. The summed E-state index contributed by atoms with van der Waals surface area (Å²) in [6, 6.07) is 14.4. The molecule has 1 aliphatic heterocycles. The topological polar surface area (TPSA) is 57.2 Å². The quantitative estimate of drug-likeness (QED) is 0.715. The summed E-state index contributed by atoms with van der Waals surface area (Å²) in [4.78, 5) is 9.24. The number of benzene rings is 2. The summed E-state index contributed by atoms with van der Waals surface area (Å²) in [7, 11) is 0. The summed E-state index contributed by atoms with van der Waals surface area (Å²) in [6.07, 6.45) is 1.64. The van der Waals surface area contributed by atoms with E-state index in [0.717, 1.165) is 42.5 Å². The second-order valence-corrected chi connectivity index (χ2v) is 7.48. The van der Waals surface area contributed by atoms with Crippen LogP contribution in [0.4, 0.5) is 23.1 Å². The van der Waals surface area contributed by atoms with Gasteiger partial charge in [0.1, 0.15) is 0 Å². The predicted octanol–water partition coefficient (Wildman–Crippen LogP) is 4.21. The molecule has 4 rings (SSSR count). The third kappa shape index (κ3) is 4.17. The van der Waals surface area contributed by atoms with E-state index < -0.39 is 0 Å². The lowest BCUT2D eigenvalue weighted by atomic mass is 10.2. The maximum absolute atomic E-state index is 6.03. The van der Waals surface area contributed by atoms with Gasteiger partial charge in [0.25, 0.3) is 0 Å². The second-order valence-electron chi connectivity index (χ2n) is 7.04. The Morgan fingerprint density at radius 2 is 1.75 bits per heavy atom. The third-order valence-corrected chi connectivity index (χ3v) is 5.16. The minimum atomic E-state index is 0.653. The fourth-order valence-electron chi connectivity index (χ4n) is 3.38. The number of aromatic nitrogens is 3. The molecule has 1 saturated heterocycles. The van der Waals surface area contributed by atoms with Gasteiger partial charge >= 0.3 is 0 Å². The minimum absolute atomic E-state index is 0.653. The van der Waals surface area contributed by atoms with Crippen molar-refractivity contribution in [3.63, 3.8) is 0 Å². The number of nitrogens with one attached hydrogen (secondary N) is 1. The Labute approximate surface area is 170 Å². The Balaban J connectivity index is 1.44. The van der Waals surface area contributed by atoms with Crippen LogP contribution in [0.25, 0.3) is 0 Å². The fraction of sp³-hybridized carbons (Fsp3) is 0.286. The average Bonchev–Trinajstić information content (AvgIpc) is 2.71. The van der Waals surface area contributed by atoms with Gasteiger partial charge in [-0.2, -0.15) is 10.1 Å². The first-order valence-electron chi connectivity index (χ1n) is 9.38. The molecule has 0 atom stereocenters. The molecule has 1 fully saturated rings. The number of anilines is 4. The Hall–Kier alpha value is -2.86. The number of halogens is 1. The Kier molecular flexibility index (Phi) is 5.30. The van der Waals surface area contributed by atoms with Gasteiger partial charge in [0.2, 0.25) is 5.95 Å². The van der Waals surface area contributed by atoms with Crippen LogP contribution < -0.4 is 15.1 Å². The summed E-state index contributed by atoms with van der Waals surface area (Å²) >= 11 is 6.03. The molecular weight excluding hydrogens is 372 g/mol. The van der Waals surface area contributed by atoms with Crippen LogP contribution >= 0.6 is 11.6 Å². The zero-order valence-electron chi connectivity index (χ0n) is 16.1. The summed E-state index contributed by atoms with van der Waals surface area (Å²) in [5.41, 5.74) is 4.57. The van der Waals surface area contributed by atoms with Gasteiger partial charge in [-0.1, -0.05) is 23.7 Å². The molecule has 6 nitrogen and oxygen atoms in total. The highest BCUT2D eigenvalue weighted by atomic mass is 35.5. The Bertz CT molecular complexity index is 969. The smallest absolute Gasteiger partial charge is 0.247 e. The van der Waals surface area contributed by atoms with Crippen LogP contribution in [0.3, 0.4) is 0 Å². The maximum atomic E-state index is 6.03. The van der Waals surface area contributed by atoms with E-state index in [1.807, 2.05) is 25.1 Å². The Morgan fingerprint density at radius 3 is 2.50 bits per heavy atom. The van der Waals surface area contributed by atoms with Crippen LogP contribution in [0.5, 0.6) is 0 Å². The first kappa shape index (κ1) is 18.5. The number of aryl methyl sites for hydroxylation is 2. The number of piperazine rings is 1. The lowest BCUT2D eigenvalue weighted by Crippen LogP contribution is -2.47. The van der Waals surface area contributed by atoms with Crippen LogP contribution in [0.1, 0.15) is 11.1 Å². The third-order valence-electron chi connectivity index (χ3n) is 4.93. The van der Waals surface area contributed by atoms with E-state index in [-0.39, 0.29) is 0 Å². The van der Waals surface area contributed by atoms with Gasteiger partial charge in [0.05, 0.1) is 6.20 Å². The zero-order chi connectivity index (χ0) is 19.5. The van der Waals surface area contributed by atoms with E-state index >= 15 is 0 Å². The summed E-state index contributed by atoms with van der Waals surface area (Å²) < 4.78 is 0. The molecule has 2 aromatic carbocycles. The van der Waals surface area contributed by atoms with Gasteiger partial charge in [-0.3, -0.25) is 0 Å². The van der Waals surface area contributed by atoms with Crippen molar-refractivity contribution in [1.29, 1.82) is 0 Å². The molecule has 1 aromatic heterocycles. The Morgan fingerprint density at radius 1 is 0.964 bits per heavy atom. The lowest BCUT2D eigenvalue weighted by Gasteiger charge is -2.36. The number of nitrogens with zero attached hydrogens (tertiary/aromatic N) is 5. The fourth-order valence-corrected chi connectivity index (χ4v) is 3.61. The summed E-state index contributed by atoms with van der Waals surface area (Å²) in [6.45, 7) is 7.72. The van der Waals surface area contributed by atoms with Crippen molar-refractivity contribution in [1.82, 2.24) is 15.2 Å². The van der Waals surface area contributed by atoms with Crippen molar-refractivity contribution in [3.8, 4) is 0 Å². The lowest BCUT2D eigenvalue weighted by molar-refractivity contribution is 0.635. The predicted molar refractivity (Wildman–Crippen MR) is 115 cm³/mol. The van der Waals surface area contributed by atoms with Crippen molar-refractivity contribution >= 4 is 34.7 Å². The SMILES string of the molecule is Cc1cccc(N2CCN(c3nncc(Nc4ccc(Cl)cc4C)n3)CC2)c1. The molecule has 0 saturated carbocycles. The van der Waals surface area contributed by atoms with Crippen molar-refractivity contribution in [2.45, 2.75) is 13.8 Å². The molecule has 0 bridgehead atoms. The maximum Gasteiger partial charge on any atom is 0.247 e. The first-order valence-corrected chi connectivity index (χ1v) is 9.76. The number of hydrogen-bond donors (Lipinski definition) is 1. The molecule has 2 heterocycles. The highest BCUT2D eigenvalue weighted by Crippen LogP contribution is 2.24. The normalized spacial score (nSPS) is 14.2. The summed E-state index contributed by atoms with van der Waals surface area (Å²) in [5, 5.41) is 12.4. The highest BCUT2D eigenvalue weighted by Gasteiger charge is 2.20. The highest BCUT2D eigenvalue weighted by molar-refractivity contribution is 6.30. The van der Waals surface area contributed by atoms with E-state index in [4.69, 9.17) is 11.6 Å². The standard InChI is InChI=1S/C21H23ClN6/c1-15-4-3-5-18(12-15)27-8-10-28(11-9-27)21-25-20(14-23-26-21)24-19-7-6-17(22)13-16(19)2/h3-7,12-14H,8-11H2,1-2H3,(H,24,25,26). The van der Waals surface area contributed by atoms with E-state index in [2.05, 4.69) is 61.5 Å². The molecule has 0 aliphatic carbocycles. The molecule has 0 unspecified atom stereocenters. The molecule has 0 radical (unpaired) electrons. The molecule has 7 heteroatoms. The minimum Gasteiger partial charge on any atom is -0.368 e. The van der Waals surface area contributed by atoms with Gasteiger partial charge in [-0.15, -0.1) is 5.10 Å². The van der Waals surface area contributed by atoms with Crippen LogP contribution in [0.15, 0.2) is 48.7 Å². The van der Waals surface area contributed by atoms with Crippen molar-refractivity contribution < 1.29 is 0 Å². The van der Waals surface area contributed by atoms with Gasteiger partial charge in [0, 0.05) is 42.6 Å². The van der Waals surface area contributed by atoms with Crippen LogP contribution in [-0.4, -0.2) is 41.4 Å². The van der Waals surface area contributed by atoms with E-state index in [9.17, 15) is 0 Å². The molecular formula is C21H23ClN6. The van der Waals surface area contributed by atoms with Crippen LogP contribution in [0.2, 0.25) is 5.02 Å². The van der Waals surface area contributed by atoms with Crippen molar-refractivity contribution in [2.24, 2.45) is 0 Å². The molecule has 0 amide bonds. The van der Waals surface area contributed by atoms with Crippen molar-refractivity contribution in [3.05, 3.63) is 64.8 Å². The van der Waals surface area contributed by atoms with Gasteiger partial charge in [-0.25, -0.2) is 0 Å². The van der Waals surface area contributed by atoms with E-state index in [0.29, 0.717) is 11.8 Å². The molecule has 1 N–H and O–H groups in total. The molecule has 144 valence electrons. The van der Waals surface area contributed by atoms with Gasteiger partial charge < -0.3 is 15.1 Å². The van der Waals surface area contributed by atoms with Gasteiger partial charge in [-0.05, 0) is 55.3 Å². The summed E-state index contributed by atoms with van der Waals surface area (Å²) in [5.74, 6) is 1.33. The second kappa shape index (κ2) is 8.02. The van der Waals surface area contributed by atoms with Crippen molar-refractivity contribution in [2.75, 3.05) is 41.3 Å². The molecule has 28 heavy (non-hydrogen) atoms. The van der Waals surface area contributed by atoms with Gasteiger partial charge in [0.15, 0.2) is 5.82 Å². The average molecular weight is 395 g/mol. The van der Waals surface area contributed by atoms with Crippen LogP contribution in [-0.2, 0) is 0 Å². The van der Waals surface area contributed by atoms with E-state index in [1.165, 1.54) is 11.3 Å². The molecule has 0 spiro atoms. The number of hydrogen-bond acceptors (Lipinski definition) is 6.